The lowest BCUT2D eigenvalue weighted by Crippen LogP contribution is -3.14. The van der Waals surface area contributed by atoms with Gasteiger partial charge in [0.15, 0.2) is 6.67 Å². The lowest BCUT2D eigenvalue weighted by molar-refractivity contribution is -0.912. The molecule has 3 heterocycles. The number of likely N-dealkylation sites (tertiary alicyclic amines) is 1. The molecular weight excluding hydrogens is 384 g/mol. The first-order chi connectivity index (χ1) is 14.1. The molecular formula is C22H29N4O2S+. The molecule has 0 radical (unpaired) electrons. The highest BCUT2D eigenvalue weighted by atomic mass is 32.1. The summed E-state index contributed by atoms with van der Waals surface area (Å²) in [6.07, 6.45) is 6.08. The third kappa shape index (κ3) is 3.24. The van der Waals surface area contributed by atoms with Crippen molar-refractivity contribution in [2.45, 2.75) is 56.9 Å². The molecule has 3 aliphatic rings. The Bertz CT molecular complexity index is 903. The number of hydrogen-bond donors (Lipinski definition) is 2. The first-order valence-corrected chi connectivity index (χ1v) is 11.7. The van der Waals surface area contributed by atoms with Gasteiger partial charge in [0.2, 0.25) is 0 Å². The number of rotatable bonds is 3. The van der Waals surface area contributed by atoms with Crippen LogP contribution in [-0.4, -0.2) is 47.1 Å². The Morgan fingerprint density at radius 2 is 2.00 bits per heavy atom. The van der Waals surface area contributed by atoms with Crippen molar-refractivity contribution in [1.29, 1.82) is 0 Å². The van der Waals surface area contributed by atoms with Crippen molar-refractivity contribution in [2.24, 2.45) is 5.92 Å². The Morgan fingerprint density at radius 3 is 2.76 bits per heavy atom. The maximum atomic E-state index is 13.2. The van der Waals surface area contributed by atoms with E-state index in [1.807, 2.05) is 6.07 Å². The van der Waals surface area contributed by atoms with E-state index in [2.05, 4.69) is 30.4 Å². The van der Waals surface area contributed by atoms with Crippen LogP contribution in [0.1, 0.15) is 56.4 Å². The van der Waals surface area contributed by atoms with Crippen molar-refractivity contribution in [3.63, 3.8) is 0 Å². The molecule has 1 saturated carbocycles. The summed E-state index contributed by atoms with van der Waals surface area (Å²) in [7, 11) is 0. The second kappa shape index (κ2) is 7.36. The molecule has 3 fully saturated rings. The number of imide groups is 1. The van der Waals surface area contributed by atoms with Gasteiger partial charge >= 0.3 is 6.03 Å². The third-order valence-electron chi connectivity index (χ3n) is 7.24. The van der Waals surface area contributed by atoms with Crippen LogP contribution in [0.4, 0.5) is 4.79 Å². The Kier molecular flexibility index (Phi) is 4.82. The first-order valence-electron chi connectivity index (χ1n) is 10.9. The van der Waals surface area contributed by atoms with Gasteiger partial charge in [-0.15, -0.1) is 11.3 Å². The number of para-hydroxylation sites is 1. The Labute approximate surface area is 175 Å². The number of aromatic nitrogens is 1. The molecule has 2 N–H and O–H groups in total. The summed E-state index contributed by atoms with van der Waals surface area (Å²) in [5.41, 5.74) is 0.446. The van der Waals surface area contributed by atoms with Crippen LogP contribution >= 0.6 is 11.3 Å². The van der Waals surface area contributed by atoms with Crippen molar-refractivity contribution in [2.75, 3.05) is 19.8 Å². The zero-order valence-electron chi connectivity index (χ0n) is 16.9. The molecule has 2 aromatic rings. The molecule has 6 nitrogen and oxygen atoms in total. The average molecular weight is 414 g/mol. The Balaban J connectivity index is 1.22. The minimum Gasteiger partial charge on any atom is -0.323 e. The van der Waals surface area contributed by atoms with E-state index in [0.717, 1.165) is 57.1 Å². The molecule has 5 rings (SSSR count). The van der Waals surface area contributed by atoms with Gasteiger partial charge in [-0.2, -0.15) is 0 Å². The number of carbonyl (C=O) groups is 2. The van der Waals surface area contributed by atoms with Crippen LogP contribution in [0.5, 0.6) is 0 Å². The van der Waals surface area contributed by atoms with E-state index in [-0.39, 0.29) is 17.9 Å². The van der Waals surface area contributed by atoms with Gasteiger partial charge in [-0.1, -0.05) is 31.9 Å². The normalized spacial score (nSPS) is 32.9. The second-order valence-corrected chi connectivity index (χ2v) is 10.0. The summed E-state index contributed by atoms with van der Waals surface area (Å²) >= 11 is 1.80. The molecule has 2 saturated heterocycles. The third-order valence-corrected chi connectivity index (χ3v) is 8.43. The minimum atomic E-state index is -0.645. The molecule has 0 bridgehead atoms. The summed E-state index contributed by atoms with van der Waals surface area (Å²) in [6, 6.07) is 8.13. The first kappa shape index (κ1) is 19.0. The molecule has 2 aliphatic heterocycles. The number of thiazole rings is 1. The minimum absolute atomic E-state index is 0.00972. The number of nitrogens with one attached hydrogen (secondary N) is 2. The van der Waals surface area contributed by atoms with Crippen molar-refractivity contribution in [1.82, 2.24) is 15.2 Å². The van der Waals surface area contributed by atoms with Crippen LogP contribution in [0, 0.1) is 5.92 Å². The number of quaternary nitrogens is 1. The quantitative estimate of drug-likeness (QED) is 0.760. The van der Waals surface area contributed by atoms with Gasteiger partial charge < -0.3 is 10.2 Å². The summed E-state index contributed by atoms with van der Waals surface area (Å²) in [4.78, 5) is 33.5. The fourth-order valence-electron chi connectivity index (χ4n) is 5.36. The molecule has 29 heavy (non-hydrogen) atoms. The molecule has 1 aromatic carbocycles. The van der Waals surface area contributed by atoms with E-state index in [4.69, 9.17) is 4.98 Å². The molecule has 154 valence electrons. The predicted molar refractivity (Wildman–Crippen MR) is 113 cm³/mol. The molecule has 2 atom stereocenters. The van der Waals surface area contributed by atoms with Crippen LogP contribution in [0.3, 0.4) is 0 Å². The summed E-state index contributed by atoms with van der Waals surface area (Å²) in [5, 5.41) is 4.31. The van der Waals surface area contributed by atoms with Gasteiger partial charge in [-0.05, 0) is 30.9 Å². The summed E-state index contributed by atoms with van der Waals surface area (Å²) in [5.74, 6) is 0.719. The van der Waals surface area contributed by atoms with Crippen LogP contribution in [-0.2, 0) is 4.79 Å². The number of benzene rings is 1. The van der Waals surface area contributed by atoms with Crippen LogP contribution < -0.4 is 10.2 Å². The number of nitrogens with zero attached hydrogens (tertiary/aromatic N) is 2. The lowest BCUT2D eigenvalue weighted by Gasteiger charge is -2.37. The molecule has 1 spiro atoms. The number of urea groups is 1. The van der Waals surface area contributed by atoms with Crippen molar-refractivity contribution in [3.05, 3.63) is 29.3 Å². The van der Waals surface area contributed by atoms with Gasteiger partial charge in [0.05, 0.1) is 28.3 Å². The van der Waals surface area contributed by atoms with E-state index >= 15 is 0 Å². The van der Waals surface area contributed by atoms with Gasteiger partial charge in [0, 0.05) is 18.8 Å². The van der Waals surface area contributed by atoms with E-state index in [0.29, 0.717) is 12.6 Å². The number of hydrogen-bond acceptors (Lipinski definition) is 4. The highest BCUT2D eigenvalue weighted by Gasteiger charge is 2.55. The number of carbonyl (C=O) groups excluding carboxylic acids is 2. The van der Waals surface area contributed by atoms with E-state index in [1.165, 1.54) is 19.5 Å². The largest absolute Gasteiger partial charge is 0.329 e. The molecule has 7 heteroatoms. The maximum Gasteiger partial charge on any atom is 0.329 e. The summed E-state index contributed by atoms with van der Waals surface area (Å²) in [6.45, 7) is 4.54. The highest BCUT2D eigenvalue weighted by Crippen LogP contribution is 2.38. The number of piperidine rings is 1. The van der Waals surface area contributed by atoms with Crippen LogP contribution in [0.2, 0.25) is 0 Å². The van der Waals surface area contributed by atoms with E-state index in [9.17, 15) is 9.59 Å². The van der Waals surface area contributed by atoms with E-state index < -0.39 is 5.54 Å². The average Bonchev–Trinajstić information content (AvgIpc) is 3.26. The molecule has 1 aromatic heterocycles. The lowest BCUT2D eigenvalue weighted by atomic mass is 9.73. The van der Waals surface area contributed by atoms with Crippen LogP contribution in [0.25, 0.3) is 10.2 Å². The zero-order valence-corrected chi connectivity index (χ0v) is 17.8. The van der Waals surface area contributed by atoms with Gasteiger partial charge in [0.1, 0.15) is 5.54 Å². The van der Waals surface area contributed by atoms with Crippen molar-refractivity contribution >= 4 is 33.5 Å². The topological polar surface area (TPSA) is 66.7 Å². The standard InChI is InChI=1S/C22H28N4O2S/c1-15-6-4-5-11-22(15)20(27)26(21(28)24-22)14-25-12-9-16(10-13-25)19-23-17-7-2-3-8-18(17)29-19/h2-3,7-8,15-16H,4-6,9-14H2,1H3,(H,24,28)/p+1/t15-,22-/m1/s1. The fourth-order valence-corrected chi connectivity index (χ4v) is 6.49. The molecule has 0 unspecified atom stereocenters. The second-order valence-electron chi connectivity index (χ2n) is 8.98. The predicted octanol–water partition coefficient (Wildman–Crippen LogP) is 2.52. The van der Waals surface area contributed by atoms with Crippen molar-refractivity contribution in [3.8, 4) is 0 Å². The van der Waals surface area contributed by atoms with Gasteiger partial charge in [-0.3, -0.25) is 4.79 Å². The maximum absolute atomic E-state index is 13.2. The highest BCUT2D eigenvalue weighted by molar-refractivity contribution is 7.18. The number of fused-ring (bicyclic) bond motifs is 1. The zero-order chi connectivity index (χ0) is 20.0. The SMILES string of the molecule is C[C@@H]1CCCC[C@@]12NC(=O)N(C[NH+]1CCC(c3nc4ccccc4s3)CC1)C2=O. The monoisotopic (exact) mass is 413 g/mol. The van der Waals surface area contributed by atoms with Crippen LogP contribution in [0.15, 0.2) is 24.3 Å². The smallest absolute Gasteiger partial charge is 0.323 e. The molecule has 1 aliphatic carbocycles. The van der Waals surface area contributed by atoms with Crippen molar-refractivity contribution < 1.29 is 14.5 Å². The van der Waals surface area contributed by atoms with Gasteiger partial charge in [-0.25, -0.2) is 14.7 Å². The van der Waals surface area contributed by atoms with E-state index in [1.54, 1.807) is 11.3 Å². The Hall–Kier alpha value is -1.99. The Morgan fingerprint density at radius 1 is 1.21 bits per heavy atom. The molecule has 3 amide bonds. The number of amides is 3. The summed E-state index contributed by atoms with van der Waals surface area (Å²) < 4.78 is 1.25. The van der Waals surface area contributed by atoms with Gasteiger partial charge in [0.25, 0.3) is 5.91 Å². The fraction of sp³-hybridized carbons (Fsp3) is 0.591.